The van der Waals surface area contributed by atoms with Crippen molar-refractivity contribution in [2.75, 3.05) is 0 Å². The molecular weight excluding hydrogens is 556 g/mol. The smallest absolute Gasteiger partial charge is 0.336 e. The molecule has 0 amide bonds. The van der Waals surface area contributed by atoms with Crippen molar-refractivity contribution in [3.8, 4) is 0 Å². The van der Waals surface area contributed by atoms with Gasteiger partial charge < -0.3 is 10.2 Å². The summed E-state index contributed by atoms with van der Waals surface area (Å²) in [5.41, 5.74) is 8.01. The normalized spacial score (nSPS) is 22.6. The number of hydrogen-bond acceptors (Lipinski definition) is 2. The monoisotopic (exact) mass is 614 g/mol. The molecule has 45 heavy (non-hydrogen) atoms. The van der Waals surface area contributed by atoms with Gasteiger partial charge in [0.1, 0.15) is 0 Å². The van der Waals surface area contributed by atoms with Gasteiger partial charge in [0.05, 0.1) is 11.1 Å². The third kappa shape index (κ3) is 7.68. The molecule has 0 bridgehead atoms. The van der Waals surface area contributed by atoms with Gasteiger partial charge in [0.25, 0.3) is 0 Å². The summed E-state index contributed by atoms with van der Waals surface area (Å²) in [6.07, 6.45) is 17.4. The van der Waals surface area contributed by atoms with Crippen molar-refractivity contribution in [3.05, 3.63) is 68.8 Å². The van der Waals surface area contributed by atoms with Gasteiger partial charge in [-0.25, -0.2) is 9.59 Å². The molecule has 2 N–H and O–H groups in total. The number of aromatic carboxylic acids is 2. The highest BCUT2D eigenvalue weighted by atomic mass is 16.4. The Balaban J connectivity index is 1.46. The van der Waals surface area contributed by atoms with Gasteiger partial charge in [-0.1, -0.05) is 110 Å². The van der Waals surface area contributed by atoms with Gasteiger partial charge in [-0.15, -0.1) is 0 Å². The lowest BCUT2D eigenvalue weighted by molar-refractivity contribution is 0.0682. The standard InChI is InChI=1S/C41H58O4/c1-25(2)32-21-34(26(3)4)38(40(42)43)35(22-32)27(5)19-28-13-12-18-31(20-28)33-23-36(29-14-8-6-9-15-29)39(41(44)45)37(24-33)30-16-10-7-11-17-30/h21-31H,6-20H2,1-5H3,(H,42,43)(H,44,45). The van der Waals surface area contributed by atoms with Gasteiger partial charge in [-0.2, -0.15) is 0 Å². The van der Waals surface area contributed by atoms with E-state index in [1.165, 1.54) is 62.5 Å². The van der Waals surface area contributed by atoms with Crippen molar-refractivity contribution < 1.29 is 19.8 Å². The lowest BCUT2D eigenvalue weighted by Gasteiger charge is -2.34. The molecule has 3 atom stereocenters. The molecule has 3 aliphatic carbocycles. The van der Waals surface area contributed by atoms with Crippen LogP contribution in [-0.4, -0.2) is 22.2 Å². The molecule has 0 aromatic heterocycles. The molecular formula is C41H58O4. The van der Waals surface area contributed by atoms with Crippen LogP contribution in [0.1, 0.15) is 221 Å². The van der Waals surface area contributed by atoms with Crippen LogP contribution >= 0.6 is 0 Å². The molecule has 0 heterocycles. The second kappa shape index (κ2) is 14.9. The van der Waals surface area contributed by atoms with Crippen LogP contribution in [-0.2, 0) is 0 Å². The lowest BCUT2D eigenvalue weighted by atomic mass is 9.70. The maximum atomic E-state index is 12.9. The van der Waals surface area contributed by atoms with Crippen LogP contribution in [0.2, 0.25) is 0 Å². The van der Waals surface area contributed by atoms with E-state index < -0.39 is 11.9 Å². The first-order valence-corrected chi connectivity index (χ1v) is 18.4. The first-order chi connectivity index (χ1) is 21.5. The highest BCUT2D eigenvalue weighted by Gasteiger charge is 2.33. The van der Waals surface area contributed by atoms with Crippen LogP contribution in [0.25, 0.3) is 0 Å². The highest BCUT2D eigenvalue weighted by molar-refractivity contribution is 5.92. The Morgan fingerprint density at radius 2 is 1.13 bits per heavy atom. The molecule has 3 fully saturated rings. The van der Waals surface area contributed by atoms with E-state index in [1.54, 1.807) is 0 Å². The molecule has 3 aliphatic rings. The van der Waals surface area contributed by atoms with Crippen LogP contribution in [0.3, 0.4) is 0 Å². The van der Waals surface area contributed by atoms with Gasteiger partial charge in [0.15, 0.2) is 0 Å². The molecule has 0 saturated heterocycles. The van der Waals surface area contributed by atoms with E-state index in [1.807, 2.05) is 0 Å². The van der Waals surface area contributed by atoms with E-state index in [9.17, 15) is 19.8 Å². The van der Waals surface area contributed by atoms with Crippen LogP contribution in [0.15, 0.2) is 24.3 Å². The fraction of sp³-hybridized carbons (Fsp3) is 0.659. The first-order valence-electron chi connectivity index (χ1n) is 18.4. The molecule has 4 heteroatoms. The zero-order valence-corrected chi connectivity index (χ0v) is 28.7. The van der Waals surface area contributed by atoms with Crippen molar-refractivity contribution in [2.24, 2.45) is 5.92 Å². The van der Waals surface area contributed by atoms with Crippen molar-refractivity contribution in [3.63, 3.8) is 0 Å². The fourth-order valence-corrected chi connectivity index (χ4v) is 9.24. The number of benzene rings is 2. The Bertz CT molecular complexity index is 1300. The molecule has 4 nitrogen and oxygen atoms in total. The van der Waals surface area contributed by atoms with Crippen molar-refractivity contribution in [1.82, 2.24) is 0 Å². The molecule has 3 unspecified atom stereocenters. The number of carbonyl (C=O) groups is 2. The van der Waals surface area contributed by atoms with E-state index in [4.69, 9.17) is 0 Å². The molecule has 3 saturated carbocycles. The minimum atomic E-state index is -0.804. The van der Waals surface area contributed by atoms with Gasteiger partial charge in [0.2, 0.25) is 0 Å². The summed E-state index contributed by atoms with van der Waals surface area (Å²) < 4.78 is 0. The predicted molar refractivity (Wildman–Crippen MR) is 184 cm³/mol. The van der Waals surface area contributed by atoms with Gasteiger partial charge in [-0.3, -0.25) is 0 Å². The lowest BCUT2D eigenvalue weighted by Crippen LogP contribution is -2.21. The van der Waals surface area contributed by atoms with E-state index in [-0.39, 0.29) is 11.8 Å². The molecule has 5 rings (SSSR count). The number of carboxylic acid groups (broad SMARTS) is 2. The van der Waals surface area contributed by atoms with Gasteiger partial charge >= 0.3 is 11.9 Å². The zero-order valence-electron chi connectivity index (χ0n) is 28.7. The Hall–Kier alpha value is -2.62. The summed E-state index contributed by atoms with van der Waals surface area (Å²) in [6.45, 7) is 10.8. The molecule has 0 aliphatic heterocycles. The van der Waals surface area contributed by atoms with E-state index in [0.29, 0.717) is 40.7 Å². The summed E-state index contributed by atoms with van der Waals surface area (Å²) in [5, 5.41) is 20.9. The van der Waals surface area contributed by atoms with Gasteiger partial charge in [-0.05, 0) is 120 Å². The van der Waals surface area contributed by atoms with Crippen LogP contribution in [0.4, 0.5) is 0 Å². The second-order valence-corrected chi connectivity index (χ2v) is 15.6. The Morgan fingerprint density at radius 1 is 0.622 bits per heavy atom. The summed E-state index contributed by atoms with van der Waals surface area (Å²) in [6, 6.07) is 8.99. The largest absolute Gasteiger partial charge is 0.478 e. The van der Waals surface area contributed by atoms with Crippen LogP contribution in [0.5, 0.6) is 0 Å². The quantitative estimate of drug-likeness (QED) is 0.279. The Kier molecular flexibility index (Phi) is 11.1. The van der Waals surface area contributed by atoms with Crippen molar-refractivity contribution >= 4 is 11.9 Å². The second-order valence-electron chi connectivity index (χ2n) is 15.6. The van der Waals surface area contributed by atoms with Crippen molar-refractivity contribution in [1.29, 1.82) is 0 Å². The van der Waals surface area contributed by atoms with Crippen LogP contribution in [0, 0.1) is 5.92 Å². The third-order valence-electron chi connectivity index (χ3n) is 11.7. The number of rotatable bonds is 10. The maximum absolute atomic E-state index is 12.9. The number of hydrogen-bond donors (Lipinski definition) is 2. The van der Waals surface area contributed by atoms with Crippen molar-refractivity contribution in [2.45, 2.75) is 166 Å². The molecule has 246 valence electrons. The predicted octanol–water partition coefficient (Wildman–Crippen LogP) is 11.9. The summed E-state index contributed by atoms with van der Waals surface area (Å²) in [7, 11) is 0. The van der Waals surface area contributed by atoms with Crippen LogP contribution < -0.4 is 0 Å². The highest BCUT2D eigenvalue weighted by Crippen LogP contribution is 2.46. The SMILES string of the molecule is CC(C)c1cc(C(C)C)c(C(=O)O)c(C(C)CC2CCCC(c3cc(C4CCCCC4)c(C(=O)O)c(C4CCCCC4)c3)C2)c1. The average Bonchev–Trinajstić information content (AvgIpc) is 3.04. The van der Waals surface area contributed by atoms with E-state index in [0.717, 1.165) is 67.2 Å². The minimum Gasteiger partial charge on any atom is -0.478 e. The molecule has 0 radical (unpaired) electrons. The molecule has 0 spiro atoms. The molecule has 2 aromatic rings. The summed E-state index contributed by atoms with van der Waals surface area (Å²) in [4.78, 5) is 25.5. The third-order valence-corrected chi connectivity index (χ3v) is 11.7. The van der Waals surface area contributed by atoms with Gasteiger partial charge in [0, 0.05) is 0 Å². The Morgan fingerprint density at radius 3 is 1.62 bits per heavy atom. The molecule has 2 aromatic carbocycles. The fourth-order valence-electron chi connectivity index (χ4n) is 9.24. The average molecular weight is 615 g/mol. The first kappa shape index (κ1) is 33.7. The van der Waals surface area contributed by atoms with E-state index in [2.05, 4.69) is 58.9 Å². The Labute approximate surface area is 272 Å². The zero-order chi connectivity index (χ0) is 32.2. The maximum Gasteiger partial charge on any atom is 0.336 e. The number of carboxylic acids is 2. The minimum absolute atomic E-state index is 0.158. The van der Waals surface area contributed by atoms with E-state index >= 15 is 0 Å². The topological polar surface area (TPSA) is 74.6 Å². The summed E-state index contributed by atoms with van der Waals surface area (Å²) >= 11 is 0. The summed E-state index contributed by atoms with van der Waals surface area (Å²) in [5.74, 6) is 0.843.